The van der Waals surface area contributed by atoms with E-state index in [4.69, 9.17) is 9.82 Å². The van der Waals surface area contributed by atoms with Gasteiger partial charge in [-0.15, -0.1) is 11.3 Å². The molecule has 1 amide bonds. The third-order valence-electron chi connectivity index (χ3n) is 5.89. The maximum absolute atomic E-state index is 12.3. The van der Waals surface area contributed by atoms with E-state index in [1.165, 1.54) is 6.42 Å². The number of hydrogen-bond acceptors (Lipinski definition) is 7. The number of carbonyl (C=O) groups is 2. The highest BCUT2D eigenvalue weighted by Gasteiger charge is 2.23. The standard InChI is InChI=1S/C22H28N4O3S/c1-25-11-13-26(14-12-25)22-23-19(15-30-22)16-7-9-17(10-8-16)20(27)24-29-21(28)18-5-3-2-4-6-18/h7-10,15,18H,2-6,11-14H2,1H3,(H,24,27). The van der Waals surface area contributed by atoms with Crippen molar-refractivity contribution < 1.29 is 14.4 Å². The monoisotopic (exact) mass is 428 g/mol. The van der Waals surface area contributed by atoms with Gasteiger partial charge in [-0.05, 0) is 32.0 Å². The number of carbonyl (C=O) groups excluding carboxylic acids is 2. The SMILES string of the molecule is CN1CCN(c2nc(-c3ccc(C(=O)NOC(=O)C4CCCCC4)cc3)cs2)CC1. The minimum absolute atomic E-state index is 0.0967. The van der Waals surface area contributed by atoms with Crippen molar-refractivity contribution in [1.29, 1.82) is 0 Å². The van der Waals surface area contributed by atoms with Gasteiger partial charge >= 0.3 is 5.97 Å². The van der Waals surface area contributed by atoms with E-state index < -0.39 is 5.91 Å². The molecule has 7 nitrogen and oxygen atoms in total. The van der Waals surface area contributed by atoms with Crippen LogP contribution in [0, 0.1) is 5.92 Å². The molecular weight excluding hydrogens is 400 g/mol. The number of likely N-dealkylation sites (N-methyl/N-ethyl adjacent to an activating group) is 1. The Bertz CT molecular complexity index is 869. The van der Waals surface area contributed by atoms with E-state index in [9.17, 15) is 9.59 Å². The summed E-state index contributed by atoms with van der Waals surface area (Å²) in [6.07, 6.45) is 4.93. The molecule has 1 saturated carbocycles. The molecule has 1 aliphatic heterocycles. The third kappa shape index (κ3) is 4.99. The lowest BCUT2D eigenvalue weighted by molar-refractivity contribution is -0.155. The first-order valence-corrected chi connectivity index (χ1v) is 11.5. The molecule has 0 atom stereocenters. The van der Waals surface area contributed by atoms with Crippen molar-refractivity contribution in [2.45, 2.75) is 32.1 Å². The summed E-state index contributed by atoms with van der Waals surface area (Å²) in [6, 6.07) is 7.21. The van der Waals surface area contributed by atoms with Crippen LogP contribution >= 0.6 is 11.3 Å². The highest BCUT2D eigenvalue weighted by Crippen LogP contribution is 2.28. The average Bonchev–Trinajstić information content (AvgIpc) is 3.29. The largest absolute Gasteiger partial charge is 0.346 e. The molecule has 30 heavy (non-hydrogen) atoms. The summed E-state index contributed by atoms with van der Waals surface area (Å²) in [5.74, 6) is -0.846. The average molecular weight is 429 g/mol. The molecule has 0 unspecified atom stereocenters. The zero-order valence-corrected chi connectivity index (χ0v) is 18.1. The number of amides is 1. The molecule has 1 aromatic carbocycles. The van der Waals surface area contributed by atoms with E-state index in [-0.39, 0.29) is 11.9 Å². The van der Waals surface area contributed by atoms with Crippen LogP contribution in [0.3, 0.4) is 0 Å². The van der Waals surface area contributed by atoms with Crippen molar-refractivity contribution >= 4 is 28.3 Å². The molecule has 4 rings (SSSR count). The summed E-state index contributed by atoms with van der Waals surface area (Å²) in [4.78, 5) is 38.8. The van der Waals surface area contributed by atoms with Crippen molar-refractivity contribution in [1.82, 2.24) is 15.4 Å². The highest BCUT2D eigenvalue weighted by atomic mass is 32.1. The van der Waals surface area contributed by atoms with E-state index in [1.807, 2.05) is 12.1 Å². The maximum Gasteiger partial charge on any atom is 0.335 e. The fourth-order valence-corrected chi connectivity index (χ4v) is 4.80. The summed E-state index contributed by atoms with van der Waals surface area (Å²) in [6.45, 7) is 4.07. The van der Waals surface area contributed by atoms with Gasteiger partial charge in [0.25, 0.3) is 5.91 Å². The van der Waals surface area contributed by atoms with Crippen molar-refractivity contribution in [3.8, 4) is 11.3 Å². The van der Waals surface area contributed by atoms with Crippen LogP contribution < -0.4 is 10.4 Å². The smallest absolute Gasteiger partial charge is 0.335 e. The molecule has 2 aliphatic rings. The van der Waals surface area contributed by atoms with Gasteiger partial charge in [0.2, 0.25) is 0 Å². The highest BCUT2D eigenvalue weighted by molar-refractivity contribution is 7.14. The number of aromatic nitrogens is 1. The van der Waals surface area contributed by atoms with Gasteiger partial charge in [-0.3, -0.25) is 4.79 Å². The van der Waals surface area contributed by atoms with Crippen LogP contribution in [0.15, 0.2) is 29.6 Å². The summed E-state index contributed by atoms with van der Waals surface area (Å²) >= 11 is 1.65. The second kappa shape index (κ2) is 9.57. The molecule has 1 aliphatic carbocycles. The molecule has 0 spiro atoms. The quantitative estimate of drug-likeness (QED) is 0.753. The molecule has 0 bridgehead atoms. The second-order valence-corrected chi connectivity index (χ2v) is 8.91. The van der Waals surface area contributed by atoms with Gasteiger partial charge in [-0.1, -0.05) is 31.4 Å². The Morgan fingerprint density at radius 1 is 1.07 bits per heavy atom. The topological polar surface area (TPSA) is 74.8 Å². The van der Waals surface area contributed by atoms with Gasteiger partial charge in [0.15, 0.2) is 5.13 Å². The lowest BCUT2D eigenvalue weighted by Crippen LogP contribution is -2.44. The first-order chi connectivity index (χ1) is 14.6. The Kier molecular flexibility index (Phi) is 6.64. The second-order valence-electron chi connectivity index (χ2n) is 8.07. The van der Waals surface area contributed by atoms with Gasteiger partial charge in [-0.25, -0.2) is 9.78 Å². The molecule has 8 heteroatoms. The molecule has 2 fully saturated rings. The number of thiazole rings is 1. The Morgan fingerprint density at radius 3 is 2.47 bits per heavy atom. The predicted octanol–water partition coefficient (Wildman–Crippen LogP) is 3.33. The van der Waals surface area contributed by atoms with Crippen LogP contribution in [0.4, 0.5) is 5.13 Å². The predicted molar refractivity (Wildman–Crippen MR) is 117 cm³/mol. The van der Waals surface area contributed by atoms with Gasteiger partial charge < -0.3 is 14.6 Å². The molecule has 1 N–H and O–H groups in total. The van der Waals surface area contributed by atoms with Gasteiger partial charge in [0.05, 0.1) is 11.6 Å². The Morgan fingerprint density at radius 2 is 1.77 bits per heavy atom. The van der Waals surface area contributed by atoms with Crippen LogP contribution in [0.2, 0.25) is 0 Å². The van der Waals surface area contributed by atoms with E-state index in [0.29, 0.717) is 5.56 Å². The van der Waals surface area contributed by atoms with E-state index in [0.717, 1.165) is 68.3 Å². The summed E-state index contributed by atoms with van der Waals surface area (Å²) in [5, 5.41) is 3.09. The van der Waals surface area contributed by atoms with Crippen LogP contribution in [0.25, 0.3) is 11.3 Å². The Labute approximate surface area is 181 Å². The minimum Gasteiger partial charge on any atom is -0.346 e. The number of nitrogens with one attached hydrogen (secondary N) is 1. The molecule has 0 radical (unpaired) electrons. The zero-order valence-electron chi connectivity index (χ0n) is 17.3. The van der Waals surface area contributed by atoms with Crippen LogP contribution in [-0.4, -0.2) is 55.0 Å². The van der Waals surface area contributed by atoms with E-state index in [1.54, 1.807) is 23.5 Å². The molecule has 160 valence electrons. The molecule has 1 saturated heterocycles. The number of hydrogen-bond donors (Lipinski definition) is 1. The lowest BCUT2D eigenvalue weighted by atomic mass is 9.89. The molecular formula is C22H28N4O3S. The minimum atomic E-state index is -0.415. The van der Waals surface area contributed by atoms with Crippen LogP contribution in [-0.2, 0) is 9.63 Å². The van der Waals surface area contributed by atoms with E-state index in [2.05, 4.69) is 27.7 Å². The summed E-state index contributed by atoms with van der Waals surface area (Å²) < 4.78 is 0. The van der Waals surface area contributed by atoms with Crippen molar-refractivity contribution in [3.05, 3.63) is 35.2 Å². The number of piperazine rings is 1. The van der Waals surface area contributed by atoms with Crippen LogP contribution in [0.5, 0.6) is 0 Å². The molecule has 1 aromatic heterocycles. The normalized spacial score (nSPS) is 18.2. The lowest BCUT2D eigenvalue weighted by Gasteiger charge is -2.32. The third-order valence-corrected chi connectivity index (χ3v) is 6.79. The van der Waals surface area contributed by atoms with Gasteiger partial charge in [0.1, 0.15) is 0 Å². The van der Waals surface area contributed by atoms with Gasteiger partial charge in [0, 0.05) is 42.7 Å². The maximum atomic E-state index is 12.3. The van der Waals surface area contributed by atoms with E-state index >= 15 is 0 Å². The Hall–Kier alpha value is -2.45. The first kappa shape index (κ1) is 20.8. The van der Waals surface area contributed by atoms with Crippen molar-refractivity contribution in [2.24, 2.45) is 5.92 Å². The van der Waals surface area contributed by atoms with Crippen molar-refractivity contribution in [2.75, 3.05) is 38.1 Å². The Balaban J connectivity index is 1.32. The fraction of sp³-hybridized carbons (Fsp3) is 0.500. The summed E-state index contributed by atoms with van der Waals surface area (Å²) in [5.41, 5.74) is 4.61. The fourth-order valence-electron chi connectivity index (χ4n) is 3.91. The number of nitrogens with zero attached hydrogens (tertiary/aromatic N) is 3. The number of rotatable bonds is 4. The van der Waals surface area contributed by atoms with Crippen molar-refractivity contribution in [3.63, 3.8) is 0 Å². The molecule has 2 heterocycles. The first-order valence-electron chi connectivity index (χ1n) is 10.6. The number of benzene rings is 1. The number of anilines is 1. The number of hydroxylamine groups is 1. The summed E-state index contributed by atoms with van der Waals surface area (Å²) in [7, 11) is 2.14. The van der Waals surface area contributed by atoms with Gasteiger partial charge in [-0.2, -0.15) is 5.48 Å². The van der Waals surface area contributed by atoms with Crippen LogP contribution in [0.1, 0.15) is 42.5 Å². The zero-order chi connectivity index (χ0) is 20.9. The molecule has 2 aromatic rings.